The molecule has 0 atom stereocenters. The molecule has 0 radical (unpaired) electrons. The smallest absolute Gasteiger partial charge is 0.340 e. The van der Waals surface area contributed by atoms with Gasteiger partial charge in [0.25, 0.3) is 5.91 Å². The number of hydrogen-bond donors (Lipinski definition) is 2. The Morgan fingerprint density at radius 2 is 2.04 bits per heavy atom. The summed E-state index contributed by atoms with van der Waals surface area (Å²) in [5, 5.41) is 3.85. The standard InChI is InChI=1S/C17H24N4O4/c1-6-24-16-12(15(22)19-20-16)9-13-10(2)14(11(3)18-13)17(23)25-8-7-21(4)5/h9,18H,6-8H2,1-5H3,(H,19,22)/b12-9-. The fourth-order valence-corrected chi connectivity index (χ4v) is 2.46. The van der Waals surface area contributed by atoms with Crippen molar-refractivity contribution >= 4 is 23.9 Å². The predicted molar refractivity (Wildman–Crippen MR) is 94.3 cm³/mol. The maximum atomic E-state index is 12.3. The van der Waals surface area contributed by atoms with Gasteiger partial charge in [0.15, 0.2) is 0 Å². The molecule has 2 heterocycles. The minimum Gasteiger partial charge on any atom is -0.476 e. The third-order valence-corrected chi connectivity index (χ3v) is 3.76. The number of aryl methyl sites for hydroxylation is 1. The third-order valence-electron chi connectivity index (χ3n) is 3.76. The van der Waals surface area contributed by atoms with Gasteiger partial charge in [-0.15, -0.1) is 5.10 Å². The highest BCUT2D eigenvalue weighted by molar-refractivity contribution is 6.24. The number of nitrogens with one attached hydrogen (secondary N) is 2. The number of ether oxygens (including phenoxy) is 2. The lowest BCUT2D eigenvalue weighted by Crippen LogP contribution is -2.20. The summed E-state index contributed by atoms with van der Waals surface area (Å²) in [6.45, 7) is 6.79. The number of H-pyrrole nitrogens is 1. The summed E-state index contributed by atoms with van der Waals surface area (Å²) >= 11 is 0. The van der Waals surface area contributed by atoms with Gasteiger partial charge < -0.3 is 19.4 Å². The number of esters is 1. The average molecular weight is 348 g/mol. The Balaban J connectivity index is 2.24. The summed E-state index contributed by atoms with van der Waals surface area (Å²) in [6.07, 6.45) is 1.63. The van der Waals surface area contributed by atoms with Gasteiger partial charge in [0.05, 0.1) is 12.2 Å². The van der Waals surface area contributed by atoms with Crippen LogP contribution < -0.4 is 5.43 Å². The minimum atomic E-state index is -0.382. The van der Waals surface area contributed by atoms with Crippen LogP contribution in [0.25, 0.3) is 6.08 Å². The van der Waals surface area contributed by atoms with E-state index in [0.29, 0.717) is 42.3 Å². The first kappa shape index (κ1) is 18.7. The molecule has 0 aliphatic carbocycles. The summed E-state index contributed by atoms with van der Waals surface area (Å²) in [5.74, 6) is -0.480. The number of amides is 1. The van der Waals surface area contributed by atoms with Crippen molar-refractivity contribution in [1.29, 1.82) is 0 Å². The Morgan fingerprint density at radius 3 is 2.68 bits per heavy atom. The average Bonchev–Trinajstić information content (AvgIpc) is 3.01. The zero-order chi connectivity index (χ0) is 18.6. The zero-order valence-corrected chi connectivity index (χ0v) is 15.2. The lowest BCUT2D eigenvalue weighted by atomic mass is 10.1. The van der Waals surface area contributed by atoms with Crippen LogP contribution in [0.3, 0.4) is 0 Å². The molecule has 1 aromatic rings. The number of aromatic amines is 1. The van der Waals surface area contributed by atoms with Gasteiger partial charge in [0.1, 0.15) is 12.2 Å². The van der Waals surface area contributed by atoms with E-state index in [1.54, 1.807) is 13.0 Å². The molecule has 0 saturated heterocycles. The van der Waals surface area contributed by atoms with Crippen LogP contribution in [0.4, 0.5) is 0 Å². The molecule has 0 aromatic carbocycles. The van der Waals surface area contributed by atoms with Gasteiger partial charge in [0.2, 0.25) is 5.90 Å². The van der Waals surface area contributed by atoms with Crippen LogP contribution in [0.15, 0.2) is 10.7 Å². The second kappa shape index (κ2) is 7.98. The molecule has 0 spiro atoms. The van der Waals surface area contributed by atoms with Crippen molar-refractivity contribution in [1.82, 2.24) is 15.3 Å². The lowest BCUT2D eigenvalue weighted by molar-refractivity contribution is -0.116. The number of carbonyl (C=O) groups is 2. The van der Waals surface area contributed by atoms with E-state index >= 15 is 0 Å². The number of aromatic nitrogens is 1. The Morgan fingerprint density at radius 1 is 1.32 bits per heavy atom. The highest BCUT2D eigenvalue weighted by Gasteiger charge is 2.26. The van der Waals surface area contributed by atoms with Crippen molar-refractivity contribution in [3.63, 3.8) is 0 Å². The first-order valence-corrected chi connectivity index (χ1v) is 8.09. The van der Waals surface area contributed by atoms with E-state index in [1.165, 1.54) is 0 Å². The van der Waals surface area contributed by atoms with Gasteiger partial charge in [-0.05, 0) is 46.5 Å². The quantitative estimate of drug-likeness (QED) is 0.595. The van der Waals surface area contributed by atoms with Crippen LogP contribution >= 0.6 is 0 Å². The van der Waals surface area contributed by atoms with Crippen LogP contribution in [0, 0.1) is 13.8 Å². The van der Waals surface area contributed by atoms with E-state index in [1.807, 2.05) is 32.8 Å². The fraction of sp³-hybridized carbons (Fsp3) is 0.471. The summed E-state index contributed by atoms with van der Waals surface area (Å²) in [6, 6.07) is 0. The van der Waals surface area contributed by atoms with E-state index in [4.69, 9.17) is 9.47 Å². The van der Waals surface area contributed by atoms with Gasteiger partial charge in [-0.25, -0.2) is 10.2 Å². The molecule has 1 aromatic heterocycles. The summed E-state index contributed by atoms with van der Waals surface area (Å²) in [4.78, 5) is 29.3. The molecular formula is C17H24N4O4. The van der Waals surface area contributed by atoms with Crippen molar-refractivity contribution in [2.24, 2.45) is 5.10 Å². The number of nitrogens with zero attached hydrogens (tertiary/aromatic N) is 2. The summed E-state index contributed by atoms with van der Waals surface area (Å²) in [5.41, 5.74) is 5.23. The number of rotatable bonds is 6. The van der Waals surface area contributed by atoms with Crippen LogP contribution in [0.2, 0.25) is 0 Å². The molecule has 1 amide bonds. The van der Waals surface area contributed by atoms with Crippen molar-refractivity contribution < 1.29 is 19.1 Å². The lowest BCUT2D eigenvalue weighted by Gasteiger charge is -2.10. The van der Waals surface area contributed by atoms with Crippen molar-refractivity contribution in [3.8, 4) is 0 Å². The van der Waals surface area contributed by atoms with E-state index in [9.17, 15) is 9.59 Å². The van der Waals surface area contributed by atoms with Gasteiger partial charge in [-0.3, -0.25) is 4.79 Å². The monoisotopic (exact) mass is 348 g/mol. The predicted octanol–water partition coefficient (Wildman–Crippen LogP) is 1.21. The van der Waals surface area contributed by atoms with Crippen molar-refractivity contribution in [2.75, 3.05) is 33.9 Å². The number of hydrogen-bond acceptors (Lipinski definition) is 6. The first-order valence-electron chi connectivity index (χ1n) is 8.09. The van der Waals surface area contributed by atoms with E-state index in [0.717, 1.165) is 5.56 Å². The van der Waals surface area contributed by atoms with Gasteiger partial charge >= 0.3 is 5.97 Å². The number of likely N-dealkylation sites (N-methyl/N-ethyl adjacent to an activating group) is 1. The van der Waals surface area contributed by atoms with Crippen molar-refractivity contribution in [2.45, 2.75) is 20.8 Å². The second-order valence-electron chi connectivity index (χ2n) is 5.95. The fourth-order valence-electron chi connectivity index (χ4n) is 2.46. The Bertz CT molecular complexity index is 731. The molecule has 136 valence electrons. The Hall–Kier alpha value is -2.61. The number of hydrazone groups is 1. The van der Waals surface area contributed by atoms with Crippen LogP contribution in [-0.4, -0.2) is 61.5 Å². The highest BCUT2D eigenvalue weighted by Crippen LogP contribution is 2.22. The maximum absolute atomic E-state index is 12.3. The zero-order valence-electron chi connectivity index (χ0n) is 15.2. The molecule has 0 unspecified atom stereocenters. The van der Waals surface area contributed by atoms with E-state index < -0.39 is 0 Å². The first-order chi connectivity index (χ1) is 11.8. The molecule has 8 heteroatoms. The number of carbonyl (C=O) groups excluding carboxylic acids is 2. The molecule has 8 nitrogen and oxygen atoms in total. The van der Waals surface area contributed by atoms with E-state index in [2.05, 4.69) is 15.5 Å². The molecule has 0 fully saturated rings. The minimum absolute atomic E-state index is 0.245. The molecule has 0 bridgehead atoms. The van der Waals surface area contributed by atoms with Crippen LogP contribution in [-0.2, 0) is 14.3 Å². The van der Waals surface area contributed by atoms with Gasteiger partial charge in [-0.1, -0.05) is 0 Å². The molecule has 0 saturated carbocycles. The van der Waals surface area contributed by atoms with Crippen LogP contribution in [0.5, 0.6) is 0 Å². The molecule has 1 aliphatic heterocycles. The molecular weight excluding hydrogens is 324 g/mol. The highest BCUT2D eigenvalue weighted by atomic mass is 16.5. The Labute approximate surface area is 146 Å². The summed E-state index contributed by atoms with van der Waals surface area (Å²) in [7, 11) is 3.82. The molecule has 25 heavy (non-hydrogen) atoms. The SMILES string of the molecule is CCOC1=NNC(=O)/C1=C/c1[nH]c(C)c(C(=O)OCCN(C)C)c1C. The van der Waals surface area contributed by atoms with Gasteiger partial charge in [-0.2, -0.15) is 0 Å². The molecule has 2 N–H and O–H groups in total. The second-order valence-corrected chi connectivity index (χ2v) is 5.95. The van der Waals surface area contributed by atoms with Gasteiger partial charge in [0, 0.05) is 17.9 Å². The Kier molecular flexibility index (Phi) is 5.97. The largest absolute Gasteiger partial charge is 0.476 e. The maximum Gasteiger partial charge on any atom is 0.340 e. The normalized spacial score (nSPS) is 15.5. The summed E-state index contributed by atoms with van der Waals surface area (Å²) < 4.78 is 10.7. The van der Waals surface area contributed by atoms with E-state index in [-0.39, 0.29) is 17.8 Å². The molecule has 1 aliphatic rings. The third kappa shape index (κ3) is 4.27. The van der Waals surface area contributed by atoms with Crippen LogP contribution in [0.1, 0.15) is 34.2 Å². The van der Waals surface area contributed by atoms with Crippen molar-refractivity contribution in [3.05, 3.63) is 28.1 Å². The molecule has 2 rings (SSSR count). The topological polar surface area (TPSA) is 96.0 Å².